The molecular formula is C20H22FN3O5. The molecule has 3 aliphatic rings. The molecule has 0 amide bonds. The Morgan fingerprint density at radius 1 is 1.45 bits per heavy atom. The summed E-state index contributed by atoms with van der Waals surface area (Å²) in [6.07, 6.45) is 2.13. The highest BCUT2D eigenvalue weighted by Gasteiger charge is 2.47. The largest absolute Gasteiger partial charge is 0.487 e. The molecule has 2 aromatic rings. The zero-order valence-electron chi connectivity index (χ0n) is 16.0. The Morgan fingerprint density at radius 2 is 2.24 bits per heavy atom. The second kappa shape index (κ2) is 6.17. The molecule has 3 aliphatic heterocycles. The Labute approximate surface area is 165 Å². The molecule has 5 rings (SSSR count). The number of carbonyl (C=O) groups is 1. The van der Waals surface area contributed by atoms with E-state index in [-0.39, 0.29) is 41.0 Å². The summed E-state index contributed by atoms with van der Waals surface area (Å²) in [5.41, 5.74) is 5.59. The number of hydrogen-bond acceptors (Lipinski definition) is 6. The van der Waals surface area contributed by atoms with E-state index in [4.69, 9.17) is 15.2 Å². The Bertz CT molecular complexity index is 1100. The molecular weight excluding hydrogens is 381 g/mol. The maximum atomic E-state index is 15.3. The van der Waals surface area contributed by atoms with Crippen LogP contribution >= 0.6 is 0 Å². The first-order valence-corrected chi connectivity index (χ1v) is 9.69. The molecule has 0 bridgehead atoms. The number of halogens is 1. The number of aromatic carboxylic acids is 1. The topological polar surface area (TPSA) is 107 Å². The van der Waals surface area contributed by atoms with Crippen molar-refractivity contribution in [1.29, 1.82) is 0 Å². The molecule has 2 fully saturated rings. The first-order chi connectivity index (χ1) is 13.8. The van der Waals surface area contributed by atoms with Crippen LogP contribution in [0.5, 0.6) is 5.75 Å². The van der Waals surface area contributed by atoms with Crippen molar-refractivity contribution in [3.05, 3.63) is 33.9 Å². The third-order valence-electron chi connectivity index (χ3n) is 6.41. The van der Waals surface area contributed by atoms with Gasteiger partial charge in [-0.25, -0.2) is 9.18 Å². The average molecular weight is 403 g/mol. The van der Waals surface area contributed by atoms with E-state index < -0.39 is 22.8 Å². The van der Waals surface area contributed by atoms with Crippen LogP contribution in [0.2, 0.25) is 0 Å². The van der Waals surface area contributed by atoms with E-state index in [1.807, 2.05) is 11.8 Å². The predicted octanol–water partition coefficient (Wildman–Crippen LogP) is 1.35. The third kappa shape index (κ3) is 2.57. The van der Waals surface area contributed by atoms with Crippen LogP contribution in [0, 0.1) is 11.7 Å². The van der Waals surface area contributed by atoms with Crippen molar-refractivity contribution in [2.45, 2.75) is 24.9 Å². The van der Waals surface area contributed by atoms with E-state index in [0.717, 1.165) is 12.5 Å². The van der Waals surface area contributed by atoms with Gasteiger partial charge in [0.1, 0.15) is 17.9 Å². The Hall–Kier alpha value is -2.65. The fourth-order valence-electron chi connectivity index (χ4n) is 4.86. The number of nitrogens with zero attached hydrogens (tertiary/aromatic N) is 2. The summed E-state index contributed by atoms with van der Waals surface area (Å²) in [5, 5.41) is 9.40. The highest BCUT2D eigenvalue weighted by Crippen LogP contribution is 2.45. The van der Waals surface area contributed by atoms with Crippen LogP contribution in [-0.2, 0) is 4.74 Å². The van der Waals surface area contributed by atoms with Gasteiger partial charge in [0.15, 0.2) is 11.6 Å². The van der Waals surface area contributed by atoms with Crippen LogP contribution in [0.25, 0.3) is 10.9 Å². The van der Waals surface area contributed by atoms with Crippen LogP contribution < -0.4 is 20.8 Å². The summed E-state index contributed by atoms with van der Waals surface area (Å²) in [4.78, 5) is 26.1. The number of fused-ring (bicyclic) bond motifs is 1. The molecule has 1 aromatic heterocycles. The smallest absolute Gasteiger partial charge is 0.341 e. The second-order valence-corrected chi connectivity index (χ2v) is 8.33. The summed E-state index contributed by atoms with van der Waals surface area (Å²) < 4.78 is 28.5. The SMILES string of the molecule is CC1COc2c(N3C[C@@H]4CCOC[C@@]4(N)C3)c(F)cc3c(=O)c(C(=O)O)cn1c23. The van der Waals surface area contributed by atoms with E-state index >= 15 is 4.39 Å². The van der Waals surface area contributed by atoms with Gasteiger partial charge in [-0.2, -0.15) is 0 Å². The Kier molecular flexibility index (Phi) is 3.91. The van der Waals surface area contributed by atoms with Gasteiger partial charge in [-0.15, -0.1) is 0 Å². The summed E-state index contributed by atoms with van der Waals surface area (Å²) in [6, 6.07) is 0.931. The summed E-state index contributed by atoms with van der Waals surface area (Å²) >= 11 is 0. The molecule has 4 heterocycles. The molecule has 0 spiro atoms. The van der Waals surface area contributed by atoms with Gasteiger partial charge in [0.2, 0.25) is 5.43 Å². The predicted molar refractivity (Wildman–Crippen MR) is 103 cm³/mol. The first-order valence-electron chi connectivity index (χ1n) is 9.69. The summed E-state index contributed by atoms with van der Waals surface area (Å²) in [5.74, 6) is -1.50. The standard InChI is InChI=1S/C20H22FN3O5/c1-10-7-29-18-15-12(17(25)13(19(26)27)6-24(10)15)4-14(21)16(18)23-5-11-2-3-28-9-20(11,22)8-23/h4,6,10-11H,2-3,5,7-9,22H2,1H3,(H,26,27)/t10?,11-,20-/m0/s1. The summed E-state index contributed by atoms with van der Waals surface area (Å²) in [7, 11) is 0. The molecule has 0 aliphatic carbocycles. The normalized spacial score (nSPS) is 28.3. The molecule has 9 heteroatoms. The van der Waals surface area contributed by atoms with Crippen LogP contribution in [0.15, 0.2) is 17.1 Å². The van der Waals surface area contributed by atoms with Gasteiger partial charge in [-0.1, -0.05) is 0 Å². The van der Waals surface area contributed by atoms with Crippen LogP contribution in [0.4, 0.5) is 10.1 Å². The quantitative estimate of drug-likeness (QED) is 0.779. The van der Waals surface area contributed by atoms with Crippen molar-refractivity contribution in [2.24, 2.45) is 11.7 Å². The number of carboxylic acid groups (broad SMARTS) is 1. The fourth-order valence-corrected chi connectivity index (χ4v) is 4.86. The molecule has 3 atom stereocenters. The zero-order chi connectivity index (χ0) is 20.5. The highest BCUT2D eigenvalue weighted by atomic mass is 19.1. The number of anilines is 1. The van der Waals surface area contributed by atoms with Gasteiger partial charge in [0, 0.05) is 31.8 Å². The van der Waals surface area contributed by atoms with E-state index in [9.17, 15) is 14.7 Å². The lowest BCUT2D eigenvalue weighted by atomic mass is 9.85. The van der Waals surface area contributed by atoms with Gasteiger partial charge in [-0.05, 0) is 19.4 Å². The van der Waals surface area contributed by atoms with Crippen LogP contribution in [0.1, 0.15) is 29.7 Å². The Morgan fingerprint density at radius 3 is 2.97 bits per heavy atom. The van der Waals surface area contributed by atoms with E-state index in [0.29, 0.717) is 31.8 Å². The first kappa shape index (κ1) is 18.4. The third-order valence-corrected chi connectivity index (χ3v) is 6.41. The molecule has 1 unspecified atom stereocenters. The van der Waals surface area contributed by atoms with Gasteiger partial charge < -0.3 is 29.8 Å². The number of carboxylic acids is 1. The number of rotatable bonds is 2. The zero-order valence-corrected chi connectivity index (χ0v) is 16.0. The minimum Gasteiger partial charge on any atom is -0.487 e. The lowest BCUT2D eigenvalue weighted by molar-refractivity contribution is 0.0203. The maximum absolute atomic E-state index is 15.3. The lowest BCUT2D eigenvalue weighted by Crippen LogP contribution is -2.54. The van der Waals surface area contributed by atoms with Crippen molar-refractivity contribution in [2.75, 3.05) is 37.8 Å². The molecule has 0 radical (unpaired) electrons. The highest BCUT2D eigenvalue weighted by molar-refractivity contribution is 5.97. The van der Waals surface area contributed by atoms with Crippen LogP contribution in [-0.4, -0.2) is 54.1 Å². The number of pyridine rings is 1. The lowest BCUT2D eigenvalue weighted by Gasteiger charge is -2.34. The minimum absolute atomic E-state index is 0.00936. The molecule has 154 valence electrons. The number of nitrogens with two attached hydrogens (primary N) is 1. The molecule has 1 aromatic carbocycles. The van der Waals surface area contributed by atoms with Gasteiger partial charge in [-0.3, -0.25) is 4.79 Å². The molecule has 2 saturated heterocycles. The van der Waals surface area contributed by atoms with Gasteiger partial charge in [0.05, 0.1) is 29.1 Å². The van der Waals surface area contributed by atoms with E-state index in [2.05, 4.69) is 0 Å². The number of benzene rings is 1. The molecule has 29 heavy (non-hydrogen) atoms. The number of ether oxygens (including phenoxy) is 2. The van der Waals surface area contributed by atoms with Crippen LogP contribution in [0.3, 0.4) is 0 Å². The molecule has 8 nitrogen and oxygen atoms in total. The minimum atomic E-state index is -1.33. The monoisotopic (exact) mass is 403 g/mol. The average Bonchev–Trinajstić information content (AvgIpc) is 3.02. The second-order valence-electron chi connectivity index (χ2n) is 8.33. The number of aromatic nitrogens is 1. The van der Waals surface area contributed by atoms with Crippen molar-refractivity contribution in [1.82, 2.24) is 4.57 Å². The Balaban J connectivity index is 1.73. The van der Waals surface area contributed by atoms with Crippen molar-refractivity contribution < 1.29 is 23.8 Å². The molecule has 0 saturated carbocycles. The van der Waals surface area contributed by atoms with E-state index in [1.165, 1.54) is 6.20 Å². The van der Waals surface area contributed by atoms with Crippen molar-refractivity contribution in [3.8, 4) is 5.75 Å². The van der Waals surface area contributed by atoms with Crippen molar-refractivity contribution in [3.63, 3.8) is 0 Å². The van der Waals surface area contributed by atoms with Gasteiger partial charge >= 0.3 is 5.97 Å². The summed E-state index contributed by atoms with van der Waals surface area (Å²) in [6.45, 7) is 4.15. The maximum Gasteiger partial charge on any atom is 0.341 e. The van der Waals surface area contributed by atoms with E-state index in [1.54, 1.807) is 4.57 Å². The number of hydrogen-bond donors (Lipinski definition) is 2. The van der Waals surface area contributed by atoms with Crippen molar-refractivity contribution >= 4 is 22.6 Å². The fraction of sp³-hybridized carbons (Fsp3) is 0.500. The molecule has 3 N–H and O–H groups in total. The van der Waals surface area contributed by atoms with Gasteiger partial charge in [0.25, 0.3) is 0 Å².